The number of hydrogen-bond acceptors (Lipinski definition) is 15. The Hall–Kier alpha value is -5.13. The van der Waals surface area contributed by atoms with Crippen LogP contribution < -0.4 is 43.4 Å². The van der Waals surface area contributed by atoms with E-state index in [2.05, 4.69) is 31.9 Å². The Morgan fingerprint density at radius 3 is 1.96 bits per heavy atom. The number of hydroxylamine groups is 2. The molecular formula is C31H49N9O13. The van der Waals surface area contributed by atoms with E-state index in [9.17, 15) is 64.3 Å². The smallest absolute Gasteiger partial charge is 0.268 e. The fourth-order valence-electron chi connectivity index (χ4n) is 5.00. The molecule has 1 aliphatic rings. The molecule has 6 atom stereocenters. The quantitative estimate of drug-likeness (QED) is 0.0316. The zero-order valence-corrected chi connectivity index (χ0v) is 28.8. The van der Waals surface area contributed by atoms with Gasteiger partial charge in [0.15, 0.2) is 11.5 Å². The van der Waals surface area contributed by atoms with E-state index < -0.39 is 114 Å². The highest BCUT2D eigenvalue weighted by Crippen LogP contribution is 2.28. The van der Waals surface area contributed by atoms with Crippen molar-refractivity contribution in [2.24, 2.45) is 11.5 Å². The highest BCUT2D eigenvalue weighted by molar-refractivity contribution is 6.01. The first-order chi connectivity index (χ1) is 25.2. The first-order valence-corrected chi connectivity index (χ1v) is 16.8. The van der Waals surface area contributed by atoms with Gasteiger partial charge in [0.1, 0.15) is 30.2 Å². The number of aliphatic hydroxyl groups is 3. The molecule has 0 aliphatic carbocycles. The number of hydrogen-bond donors (Lipinski definition) is 14. The minimum Gasteiger partial charge on any atom is -0.504 e. The number of nitrogens with two attached hydrogens (primary N) is 2. The van der Waals surface area contributed by atoms with E-state index in [0.29, 0.717) is 17.9 Å². The van der Waals surface area contributed by atoms with Crippen molar-refractivity contribution in [3.8, 4) is 11.5 Å². The number of nitrogens with zero attached hydrogens (tertiary/aromatic N) is 1. The van der Waals surface area contributed by atoms with Crippen molar-refractivity contribution in [2.45, 2.75) is 74.8 Å². The highest BCUT2D eigenvalue weighted by Gasteiger charge is 2.32. The second kappa shape index (κ2) is 22.1. The fraction of sp³-hybridized carbons (Fsp3) is 0.581. The monoisotopic (exact) mass is 755 g/mol. The zero-order chi connectivity index (χ0) is 39.7. The summed E-state index contributed by atoms with van der Waals surface area (Å²) in [6.45, 7) is -2.59. The number of para-hydroxylation sites is 1. The van der Waals surface area contributed by atoms with Crippen molar-refractivity contribution in [1.82, 2.24) is 37.0 Å². The molecule has 0 aromatic heterocycles. The number of phenols is 2. The Balaban J connectivity index is 1.92. The summed E-state index contributed by atoms with van der Waals surface area (Å²) in [6, 6.07) is -4.66. The summed E-state index contributed by atoms with van der Waals surface area (Å²) < 4.78 is 0. The molecule has 2 rings (SSSR count). The molecule has 1 aliphatic heterocycles. The largest absolute Gasteiger partial charge is 0.504 e. The van der Waals surface area contributed by atoms with Gasteiger partial charge in [0.05, 0.1) is 31.4 Å². The van der Waals surface area contributed by atoms with Crippen molar-refractivity contribution < 1.29 is 64.3 Å². The summed E-state index contributed by atoms with van der Waals surface area (Å²) in [6.07, 6.45) is 1.20. The number of benzene rings is 1. The number of carbonyl (C=O) groups is 7. The average molecular weight is 756 g/mol. The lowest BCUT2D eigenvalue weighted by molar-refractivity contribution is -0.173. The van der Waals surface area contributed by atoms with Crippen LogP contribution in [0.1, 0.15) is 48.9 Å². The molecule has 22 heteroatoms. The van der Waals surface area contributed by atoms with E-state index in [1.54, 1.807) is 0 Å². The summed E-state index contributed by atoms with van der Waals surface area (Å²) in [5.74, 6) is -7.63. The topological polar surface area (TPSA) is 368 Å². The van der Waals surface area contributed by atoms with Gasteiger partial charge < -0.3 is 68.9 Å². The Kier molecular flexibility index (Phi) is 18.3. The Morgan fingerprint density at radius 1 is 0.792 bits per heavy atom. The molecule has 0 radical (unpaired) electrons. The number of piperidine rings is 1. The molecule has 6 unspecified atom stereocenters. The third-order valence-corrected chi connectivity index (χ3v) is 8.08. The lowest BCUT2D eigenvalue weighted by atomic mass is 10.0. The minimum absolute atomic E-state index is 0.0358. The van der Waals surface area contributed by atoms with E-state index in [-0.39, 0.29) is 45.3 Å². The van der Waals surface area contributed by atoms with Gasteiger partial charge in [-0.2, -0.15) is 0 Å². The molecule has 16 N–H and O–H groups in total. The predicted octanol–water partition coefficient (Wildman–Crippen LogP) is -5.91. The standard InChI is InChI=1S/C31H49N9O13/c32-10-2-7-18(35-29(50)21(14-42)37-25(46)16-5-1-9-23(44)24(16)45)28(49)39-22(15-43)30(51)38-20(13-41)27(48)34-11-3-6-17(33)26(47)36-19-8-4-12-40(53)31(19)52/h1,5,9,17-22,41-45,53H,2-4,6-8,10-15,32-33H2,(H,34,48)(H,35,50)(H,36,47)(H,37,46)(H,38,51)(H,39,49). The highest BCUT2D eigenvalue weighted by atomic mass is 16.5. The van der Waals surface area contributed by atoms with Crippen LogP contribution in [0.25, 0.3) is 0 Å². The second-order valence-electron chi connectivity index (χ2n) is 12.1. The SMILES string of the molecule is NCCCC(NC(=O)C(CO)NC(=O)c1cccc(O)c1O)C(=O)NC(CO)C(=O)NC(CO)C(=O)NCCCC(N)C(=O)NC1CCCN(O)C1=O. The molecular weight excluding hydrogens is 706 g/mol. The molecule has 0 spiro atoms. The van der Waals surface area contributed by atoms with Gasteiger partial charge in [-0.25, -0.2) is 5.06 Å². The molecule has 7 amide bonds. The molecule has 1 aromatic rings. The maximum atomic E-state index is 13.1. The number of aliphatic hydroxyl groups excluding tert-OH is 3. The van der Waals surface area contributed by atoms with E-state index in [4.69, 9.17) is 11.5 Å². The first kappa shape index (κ1) is 44.0. The summed E-state index contributed by atoms with van der Waals surface area (Å²) in [4.78, 5) is 88.5. The number of rotatable bonds is 21. The molecule has 22 nitrogen and oxygen atoms in total. The van der Waals surface area contributed by atoms with Crippen molar-refractivity contribution in [3.05, 3.63) is 23.8 Å². The van der Waals surface area contributed by atoms with Crippen LogP contribution in [0.15, 0.2) is 18.2 Å². The van der Waals surface area contributed by atoms with Crippen LogP contribution in [-0.4, -0.2) is 153 Å². The molecule has 0 saturated carbocycles. The van der Waals surface area contributed by atoms with Gasteiger partial charge in [-0.15, -0.1) is 0 Å². The van der Waals surface area contributed by atoms with Crippen LogP contribution in [0.2, 0.25) is 0 Å². The molecule has 1 aromatic carbocycles. The number of nitrogens with one attached hydrogen (secondary N) is 6. The predicted molar refractivity (Wildman–Crippen MR) is 181 cm³/mol. The van der Waals surface area contributed by atoms with Crippen molar-refractivity contribution >= 4 is 41.4 Å². The van der Waals surface area contributed by atoms with Crippen molar-refractivity contribution in [1.29, 1.82) is 0 Å². The van der Waals surface area contributed by atoms with Gasteiger partial charge in [-0.05, 0) is 57.2 Å². The summed E-state index contributed by atoms with van der Waals surface area (Å²) in [5, 5.41) is 72.8. The van der Waals surface area contributed by atoms with Crippen molar-refractivity contribution in [3.63, 3.8) is 0 Å². The van der Waals surface area contributed by atoms with Gasteiger partial charge in [0, 0.05) is 13.1 Å². The average Bonchev–Trinajstić information content (AvgIpc) is 3.14. The zero-order valence-electron chi connectivity index (χ0n) is 28.8. The molecule has 1 fully saturated rings. The third-order valence-electron chi connectivity index (χ3n) is 8.08. The van der Waals surface area contributed by atoms with E-state index in [1.807, 2.05) is 0 Å². The van der Waals surface area contributed by atoms with Gasteiger partial charge in [-0.3, -0.25) is 38.8 Å². The molecule has 296 valence electrons. The lowest BCUT2D eigenvalue weighted by Crippen LogP contribution is -2.60. The third kappa shape index (κ3) is 13.4. The summed E-state index contributed by atoms with van der Waals surface area (Å²) in [7, 11) is 0. The Morgan fingerprint density at radius 2 is 1.36 bits per heavy atom. The number of phenolic OH excluding ortho intramolecular Hbond substituents is 2. The van der Waals surface area contributed by atoms with Crippen LogP contribution >= 0.6 is 0 Å². The van der Waals surface area contributed by atoms with Crippen LogP contribution in [0.3, 0.4) is 0 Å². The maximum Gasteiger partial charge on any atom is 0.268 e. The number of aromatic hydroxyl groups is 2. The molecule has 0 bridgehead atoms. The van der Waals surface area contributed by atoms with E-state index in [0.717, 1.165) is 12.1 Å². The number of carbonyl (C=O) groups excluding carboxylic acids is 7. The molecule has 53 heavy (non-hydrogen) atoms. The summed E-state index contributed by atoms with van der Waals surface area (Å²) >= 11 is 0. The van der Waals surface area contributed by atoms with Crippen LogP contribution in [0.4, 0.5) is 0 Å². The normalized spacial score (nSPS) is 17.0. The lowest BCUT2D eigenvalue weighted by Gasteiger charge is -2.28. The van der Waals surface area contributed by atoms with Gasteiger partial charge in [-0.1, -0.05) is 6.07 Å². The Bertz CT molecular complexity index is 1450. The summed E-state index contributed by atoms with van der Waals surface area (Å²) in [5.41, 5.74) is 11.0. The van der Waals surface area contributed by atoms with Crippen LogP contribution in [-0.2, 0) is 28.8 Å². The van der Waals surface area contributed by atoms with E-state index >= 15 is 0 Å². The number of amides is 7. The fourth-order valence-corrected chi connectivity index (χ4v) is 5.00. The van der Waals surface area contributed by atoms with Crippen molar-refractivity contribution in [2.75, 3.05) is 39.5 Å². The van der Waals surface area contributed by atoms with E-state index in [1.165, 1.54) is 6.07 Å². The van der Waals surface area contributed by atoms with Gasteiger partial charge in [0.25, 0.3) is 11.8 Å². The molecule has 1 saturated heterocycles. The van der Waals surface area contributed by atoms with Crippen LogP contribution in [0.5, 0.6) is 11.5 Å². The van der Waals surface area contributed by atoms with Crippen LogP contribution in [0, 0.1) is 0 Å². The first-order valence-electron chi connectivity index (χ1n) is 16.8. The maximum absolute atomic E-state index is 13.1. The minimum atomic E-state index is -1.67. The second-order valence-corrected chi connectivity index (χ2v) is 12.1. The van der Waals surface area contributed by atoms with Gasteiger partial charge >= 0.3 is 0 Å². The molecule has 1 heterocycles. The van der Waals surface area contributed by atoms with Gasteiger partial charge in [0.2, 0.25) is 29.5 Å². The Labute approximate surface area is 303 Å².